The number of aryl methyl sites for hydroxylation is 1. The van der Waals surface area contributed by atoms with Crippen LogP contribution in [0.15, 0.2) is 18.2 Å². The summed E-state index contributed by atoms with van der Waals surface area (Å²) in [6.45, 7) is 2.60. The van der Waals surface area contributed by atoms with Crippen LogP contribution < -0.4 is 10.5 Å². The molecule has 1 rings (SSSR count). The van der Waals surface area contributed by atoms with Gasteiger partial charge in [-0.2, -0.15) is 0 Å². The molecule has 0 heterocycles. The highest BCUT2D eigenvalue weighted by Crippen LogP contribution is 2.17. The molecule has 0 amide bonds. The Morgan fingerprint density at radius 1 is 1.53 bits per heavy atom. The van der Waals surface area contributed by atoms with Crippen LogP contribution in [0.5, 0.6) is 5.75 Å². The second-order valence-corrected chi connectivity index (χ2v) is 3.71. The topological polar surface area (TPSA) is 55.5 Å². The second-order valence-electron chi connectivity index (χ2n) is 3.27. The minimum Gasteiger partial charge on any atom is -0.493 e. The highest BCUT2D eigenvalue weighted by Gasteiger charge is 2.02. The van der Waals surface area contributed by atoms with Crippen molar-refractivity contribution in [2.45, 2.75) is 13.3 Å². The number of thiocarbonyl (C=S) groups is 1. The van der Waals surface area contributed by atoms with Crippen LogP contribution in [0.4, 0.5) is 0 Å². The van der Waals surface area contributed by atoms with Crippen LogP contribution in [0.25, 0.3) is 0 Å². The summed E-state index contributed by atoms with van der Waals surface area (Å²) in [5.74, 6) is 0.779. The number of hydrogen-bond acceptors (Lipinski definition) is 3. The molecule has 15 heavy (non-hydrogen) atoms. The number of nitrogens with two attached hydrogens (primary N) is 1. The van der Waals surface area contributed by atoms with E-state index >= 15 is 0 Å². The summed E-state index contributed by atoms with van der Waals surface area (Å²) < 4.78 is 5.42. The number of aliphatic hydroxyl groups is 1. The summed E-state index contributed by atoms with van der Waals surface area (Å²) in [6.07, 6.45) is 0.635. The number of aliphatic hydroxyl groups excluding tert-OH is 1. The Morgan fingerprint density at radius 2 is 2.27 bits per heavy atom. The molecule has 0 aliphatic heterocycles. The van der Waals surface area contributed by atoms with Crippen molar-refractivity contribution in [1.82, 2.24) is 0 Å². The van der Waals surface area contributed by atoms with Gasteiger partial charge < -0.3 is 15.6 Å². The van der Waals surface area contributed by atoms with Gasteiger partial charge in [-0.15, -0.1) is 0 Å². The maximum Gasteiger partial charge on any atom is 0.119 e. The van der Waals surface area contributed by atoms with Crippen molar-refractivity contribution in [3.63, 3.8) is 0 Å². The van der Waals surface area contributed by atoms with Crippen molar-refractivity contribution < 1.29 is 9.84 Å². The minimum absolute atomic E-state index is 0.143. The van der Waals surface area contributed by atoms with Crippen LogP contribution in [0.2, 0.25) is 0 Å². The molecule has 0 radical (unpaired) electrons. The fraction of sp³-hybridized carbons (Fsp3) is 0.364. The van der Waals surface area contributed by atoms with E-state index in [0.717, 1.165) is 16.9 Å². The van der Waals surface area contributed by atoms with Crippen LogP contribution in [0, 0.1) is 6.92 Å². The van der Waals surface area contributed by atoms with E-state index < -0.39 is 0 Å². The molecule has 3 nitrogen and oxygen atoms in total. The van der Waals surface area contributed by atoms with Crippen molar-refractivity contribution in [3.05, 3.63) is 29.3 Å². The lowest BCUT2D eigenvalue weighted by Gasteiger charge is -2.08. The van der Waals surface area contributed by atoms with Gasteiger partial charge >= 0.3 is 0 Å². The zero-order chi connectivity index (χ0) is 11.3. The van der Waals surface area contributed by atoms with Gasteiger partial charge in [-0.05, 0) is 30.7 Å². The monoisotopic (exact) mass is 225 g/mol. The van der Waals surface area contributed by atoms with E-state index in [-0.39, 0.29) is 6.61 Å². The van der Waals surface area contributed by atoms with Crippen molar-refractivity contribution in [1.29, 1.82) is 0 Å². The lowest BCUT2D eigenvalue weighted by atomic mass is 10.1. The first-order chi connectivity index (χ1) is 7.15. The fourth-order valence-corrected chi connectivity index (χ4v) is 1.49. The quantitative estimate of drug-likeness (QED) is 0.587. The van der Waals surface area contributed by atoms with Crippen LogP contribution >= 0.6 is 12.2 Å². The molecule has 1 aromatic rings. The van der Waals surface area contributed by atoms with Gasteiger partial charge in [0.25, 0.3) is 0 Å². The van der Waals surface area contributed by atoms with E-state index in [2.05, 4.69) is 0 Å². The maximum absolute atomic E-state index is 8.60. The van der Waals surface area contributed by atoms with E-state index in [9.17, 15) is 0 Å². The van der Waals surface area contributed by atoms with Crippen molar-refractivity contribution in [3.8, 4) is 5.75 Å². The normalized spacial score (nSPS) is 10.0. The van der Waals surface area contributed by atoms with Crippen molar-refractivity contribution >= 4 is 17.2 Å². The Hall–Kier alpha value is -1.13. The molecule has 0 atom stereocenters. The molecular formula is C11H15NO2S. The van der Waals surface area contributed by atoms with E-state index in [4.69, 9.17) is 27.8 Å². The number of hydrogen-bond donors (Lipinski definition) is 2. The van der Waals surface area contributed by atoms with Gasteiger partial charge in [0.15, 0.2) is 0 Å². The summed E-state index contributed by atoms with van der Waals surface area (Å²) in [5.41, 5.74) is 7.42. The first-order valence-corrected chi connectivity index (χ1v) is 5.20. The molecule has 0 unspecified atom stereocenters. The summed E-state index contributed by atoms with van der Waals surface area (Å²) >= 11 is 4.90. The largest absolute Gasteiger partial charge is 0.493 e. The second kappa shape index (κ2) is 5.68. The molecule has 0 aliphatic rings. The van der Waals surface area contributed by atoms with Crippen LogP contribution in [0.3, 0.4) is 0 Å². The third kappa shape index (κ3) is 3.49. The van der Waals surface area contributed by atoms with Crippen molar-refractivity contribution in [2.75, 3.05) is 13.2 Å². The lowest BCUT2D eigenvalue weighted by Crippen LogP contribution is -2.11. The van der Waals surface area contributed by atoms with E-state index in [1.165, 1.54) is 0 Å². The minimum atomic E-state index is 0.143. The molecule has 0 spiro atoms. The maximum atomic E-state index is 8.60. The average molecular weight is 225 g/mol. The van der Waals surface area contributed by atoms with Gasteiger partial charge in [0.1, 0.15) is 10.7 Å². The molecule has 0 saturated carbocycles. The third-order valence-electron chi connectivity index (χ3n) is 2.03. The summed E-state index contributed by atoms with van der Waals surface area (Å²) in [7, 11) is 0. The molecule has 82 valence electrons. The predicted octanol–water partition coefficient (Wildman–Crippen LogP) is 1.39. The van der Waals surface area contributed by atoms with Gasteiger partial charge in [-0.1, -0.05) is 12.2 Å². The van der Waals surface area contributed by atoms with Gasteiger partial charge in [0.05, 0.1) is 6.61 Å². The van der Waals surface area contributed by atoms with Gasteiger partial charge in [0, 0.05) is 18.6 Å². The lowest BCUT2D eigenvalue weighted by molar-refractivity contribution is 0.233. The molecule has 3 N–H and O–H groups in total. The van der Waals surface area contributed by atoms with Gasteiger partial charge in [-0.25, -0.2) is 0 Å². The molecule has 0 aromatic heterocycles. The van der Waals surface area contributed by atoms with E-state index in [1.807, 2.05) is 25.1 Å². The van der Waals surface area contributed by atoms with Gasteiger partial charge in [0.2, 0.25) is 0 Å². The number of ether oxygens (including phenoxy) is 1. The highest BCUT2D eigenvalue weighted by atomic mass is 32.1. The number of benzene rings is 1. The van der Waals surface area contributed by atoms with Crippen LogP contribution in [0.1, 0.15) is 17.5 Å². The summed E-state index contributed by atoms with van der Waals surface area (Å²) in [6, 6.07) is 5.58. The molecule has 0 fully saturated rings. The average Bonchev–Trinajstić information content (AvgIpc) is 2.17. The zero-order valence-electron chi connectivity index (χ0n) is 8.69. The SMILES string of the molecule is Cc1cc(OCCCO)ccc1C(N)=S. The Labute approximate surface area is 94.9 Å². The Kier molecular flexibility index (Phi) is 4.52. The Morgan fingerprint density at radius 3 is 2.80 bits per heavy atom. The van der Waals surface area contributed by atoms with Gasteiger partial charge in [-0.3, -0.25) is 0 Å². The first kappa shape index (κ1) is 11.9. The standard InChI is InChI=1S/C11H15NO2S/c1-8-7-9(14-6-2-5-13)3-4-10(8)11(12)15/h3-4,7,13H,2,5-6H2,1H3,(H2,12,15). The van der Waals surface area contributed by atoms with E-state index in [1.54, 1.807) is 0 Å². The summed E-state index contributed by atoms with van der Waals surface area (Å²) in [4.78, 5) is 0.398. The molecule has 0 bridgehead atoms. The third-order valence-corrected chi connectivity index (χ3v) is 2.25. The molecular weight excluding hydrogens is 210 g/mol. The van der Waals surface area contributed by atoms with Crippen LogP contribution in [-0.4, -0.2) is 23.3 Å². The Balaban J connectivity index is 2.69. The predicted molar refractivity (Wildman–Crippen MR) is 64.3 cm³/mol. The smallest absolute Gasteiger partial charge is 0.119 e. The Bertz CT molecular complexity index is 352. The van der Waals surface area contributed by atoms with Crippen LogP contribution in [-0.2, 0) is 0 Å². The first-order valence-electron chi connectivity index (χ1n) is 4.79. The zero-order valence-corrected chi connectivity index (χ0v) is 9.51. The highest BCUT2D eigenvalue weighted by molar-refractivity contribution is 7.80. The number of rotatable bonds is 5. The summed E-state index contributed by atoms with van der Waals surface area (Å²) in [5, 5.41) is 8.60. The molecule has 4 heteroatoms. The van der Waals surface area contributed by atoms with Crippen molar-refractivity contribution in [2.24, 2.45) is 5.73 Å². The van der Waals surface area contributed by atoms with E-state index in [0.29, 0.717) is 18.0 Å². The fourth-order valence-electron chi connectivity index (χ4n) is 1.26. The molecule has 1 aromatic carbocycles. The molecule has 0 aliphatic carbocycles. The molecule has 0 saturated heterocycles.